The van der Waals surface area contributed by atoms with E-state index in [0.29, 0.717) is 25.9 Å². The summed E-state index contributed by atoms with van der Waals surface area (Å²) >= 11 is 0. The monoisotopic (exact) mass is 572 g/mol. The van der Waals surface area contributed by atoms with Crippen molar-refractivity contribution in [3.63, 3.8) is 0 Å². The van der Waals surface area contributed by atoms with Crippen molar-refractivity contribution >= 4 is 37.0 Å². The Morgan fingerprint density at radius 1 is 0.711 bits per heavy atom. The van der Waals surface area contributed by atoms with E-state index in [9.17, 15) is 19.8 Å². The van der Waals surface area contributed by atoms with Crippen molar-refractivity contribution in [3.8, 4) is 0 Å². The van der Waals surface area contributed by atoms with E-state index in [1.54, 1.807) is 0 Å². The largest absolute Gasteiger partial charge is 0.445 e. The van der Waals surface area contributed by atoms with Gasteiger partial charge in [-0.3, -0.25) is 0 Å². The van der Waals surface area contributed by atoms with Gasteiger partial charge in [0.05, 0.1) is 24.3 Å². The second kappa shape index (κ2) is 18.6. The van der Waals surface area contributed by atoms with Gasteiger partial charge in [-0.05, 0) is 37.1 Å². The molecular formula is C26H38Cl2N4O6. The average molecular weight is 574 g/mol. The lowest BCUT2D eigenvalue weighted by Crippen LogP contribution is -2.52. The highest BCUT2D eigenvalue weighted by Crippen LogP contribution is 2.06. The number of halogens is 2. The molecule has 2 amide bonds. The normalized spacial score (nSPS) is 22.2. The second-order valence-corrected chi connectivity index (χ2v) is 8.75. The summed E-state index contributed by atoms with van der Waals surface area (Å²) in [5.41, 5.74) is 1.89. The number of amides is 2. The van der Waals surface area contributed by atoms with Gasteiger partial charge >= 0.3 is 12.2 Å². The highest BCUT2D eigenvalue weighted by molar-refractivity contribution is 5.85. The molecule has 2 aliphatic heterocycles. The first kappa shape index (κ1) is 33.4. The van der Waals surface area contributed by atoms with Crippen molar-refractivity contribution in [1.82, 2.24) is 21.3 Å². The number of alkyl carbamates (subject to hydrolysis) is 2. The zero-order valence-corrected chi connectivity index (χ0v) is 22.7. The van der Waals surface area contributed by atoms with Crippen LogP contribution in [0.15, 0.2) is 60.7 Å². The van der Waals surface area contributed by atoms with Gasteiger partial charge in [-0.1, -0.05) is 60.7 Å². The molecular weight excluding hydrogens is 535 g/mol. The predicted molar refractivity (Wildman–Crippen MR) is 149 cm³/mol. The van der Waals surface area contributed by atoms with Crippen molar-refractivity contribution in [3.05, 3.63) is 71.8 Å². The second-order valence-electron chi connectivity index (χ2n) is 8.75. The third-order valence-electron chi connectivity index (χ3n) is 5.93. The van der Waals surface area contributed by atoms with Crippen LogP contribution in [0.1, 0.15) is 24.0 Å². The van der Waals surface area contributed by atoms with Crippen LogP contribution in [0.4, 0.5) is 9.59 Å². The lowest BCUT2D eigenvalue weighted by Gasteiger charge is -2.28. The Bertz CT molecular complexity index is 853. The molecule has 2 aromatic rings. The molecule has 10 nitrogen and oxygen atoms in total. The van der Waals surface area contributed by atoms with Crippen molar-refractivity contribution in [2.75, 3.05) is 26.2 Å². The number of β-amino-alcohol motifs (C(OH)–C–C–N with tert-alkyl or cyclic N) is 2. The molecule has 0 aliphatic carbocycles. The number of carbonyl (C=O) groups excluding carboxylic acids is 2. The quantitative estimate of drug-likeness (QED) is 0.309. The number of carbonyl (C=O) groups is 2. The van der Waals surface area contributed by atoms with Crippen molar-refractivity contribution in [2.24, 2.45) is 0 Å². The maximum atomic E-state index is 11.6. The van der Waals surface area contributed by atoms with Crippen LogP contribution in [0, 0.1) is 0 Å². The lowest BCUT2D eigenvalue weighted by molar-refractivity contribution is 0.0863. The third-order valence-corrected chi connectivity index (χ3v) is 5.93. The Balaban J connectivity index is 0.000000361. The average Bonchev–Trinajstić information content (AvgIpc) is 2.91. The van der Waals surface area contributed by atoms with Crippen LogP contribution < -0.4 is 21.3 Å². The molecule has 2 fully saturated rings. The number of piperidine rings is 2. The van der Waals surface area contributed by atoms with Crippen molar-refractivity contribution < 1.29 is 29.3 Å². The summed E-state index contributed by atoms with van der Waals surface area (Å²) < 4.78 is 10.2. The van der Waals surface area contributed by atoms with E-state index in [1.165, 1.54) is 0 Å². The number of aliphatic hydroxyl groups excluding tert-OH is 2. The maximum absolute atomic E-state index is 11.6. The van der Waals surface area contributed by atoms with E-state index in [4.69, 9.17) is 9.47 Å². The fourth-order valence-corrected chi connectivity index (χ4v) is 3.85. The summed E-state index contributed by atoms with van der Waals surface area (Å²) in [7, 11) is 0. The molecule has 6 N–H and O–H groups in total. The Morgan fingerprint density at radius 3 is 1.42 bits per heavy atom. The molecule has 2 saturated heterocycles. The van der Waals surface area contributed by atoms with Crippen molar-refractivity contribution in [2.45, 2.75) is 50.3 Å². The van der Waals surface area contributed by atoms with E-state index >= 15 is 0 Å². The maximum Gasteiger partial charge on any atom is 0.407 e. The first-order chi connectivity index (χ1) is 17.5. The molecule has 0 aromatic heterocycles. The third kappa shape index (κ3) is 12.3. The number of nitrogens with one attached hydrogen (secondary N) is 4. The van der Waals surface area contributed by atoms with Gasteiger partial charge in [0.2, 0.25) is 0 Å². The number of ether oxygens (including phenoxy) is 2. The zero-order valence-electron chi connectivity index (χ0n) is 21.1. The van der Waals surface area contributed by atoms with Crippen LogP contribution in [-0.4, -0.2) is 72.9 Å². The molecule has 12 heteroatoms. The molecule has 0 bridgehead atoms. The minimum absolute atomic E-state index is 0. The highest BCUT2D eigenvalue weighted by Gasteiger charge is 2.25. The molecule has 0 saturated carbocycles. The Labute approximate surface area is 235 Å². The van der Waals surface area contributed by atoms with Crippen LogP contribution in [0.3, 0.4) is 0 Å². The molecule has 0 radical (unpaired) electrons. The molecule has 4 rings (SSSR count). The summed E-state index contributed by atoms with van der Waals surface area (Å²) in [6, 6.07) is 18.5. The van der Waals surface area contributed by atoms with Crippen LogP contribution in [-0.2, 0) is 22.7 Å². The summed E-state index contributed by atoms with van der Waals surface area (Å²) in [5.74, 6) is 0. The molecule has 0 spiro atoms. The van der Waals surface area contributed by atoms with Gasteiger partial charge < -0.3 is 41.0 Å². The molecule has 212 valence electrons. The standard InChI is InChI=1S/2C13H18N2O3.2ClH/c2*16-12-8-14-7-6-11(12)15-13(17)18-9-10-4-2-1-3-5-10;;/h2*1-5,11-12,14,16H,6-9H2,(H,15,17);2*1H/t2*11-,12-;;/m10../s1. The number of hydrogen-bond donors (Lipinski definition) is 6. The lowest BCUT2D eigenvalue weighted by atomic mass is 10.0. The fourth-order valence-electron chi connectivity index (χ4n) is 3.85. The molecule has 2 aromatic carbocycles. The Morgan fingerprint density at radius 2 is 1.08 bits per heavy atom. The van der Waals surface area contributed by atoms with E-state index in [2.05, 4.69) is 21.3 Å². The van der Waals surface area contributed by atoms with Gasteiger partial charge in [-0.25, -0.2) is 9.59 Å². The molecule has 2 aliphatic rings. The van der Waals surface area contributed by atoms with Gasteiger partial charge in [-0.2, -0.15) is 0 Å². The van der Waals surface area contributed by atoms with Crippen LogP contribution in [0.25, 0.3) is 0 Å². The SMILES string of the molecule is Cl.Cl.O=C(N[C@@H]1CCNC[C@H]1O)OCc1ccccc1.O=C(N[C@H]1CCNC[C@@H]1O)OCc1ccccc1. The topological polar surface area (TPSA) is 141 Å². The summed E-state index contributed by atoms with van der Waals surface area (Å²) in [6.07, 6.45) is -0.649. The predicted octanol–water partition coefficient (Wildman–Crippen LogP) is 2.11. The van der Waals surface area contributed by atoms with E-state index < -0.39 is 24.4 Å². The number of rotatable bonds is 6. The van der Waals surface area contributed by atoms with Crippen LogP contribution >= 0.6 is 24.8 Å². The Kier molecular flexibility index (Phi) is 16.4. The number of aliphatic hydroxyl groups is 2. The fraction of sp³-hybridized carbons (Fsp3) is 0.462. The molecule has 2 heterocycles. The zero-order chi connectivity index (χ0) is 25.6. The molecule has 38 heavy (non-hydrogen) atoms. The van der Waals surface area contributed by atoms with E-state index in [1.807, 2.05) is 60.7 Å². The minimum atomic E-state index is -0.553. The van der Waals surface area contributed by atoms with Gasteiger partial charge in [0, 0.05) is 13.1 Å². The molecule has 0 unspecified atom stereocenters. The summed E-state index contributed by atoms with van der Waals surface area (Å²) in [4.78, 5) is 23.1. The minimum Gasteiger partial charge on any atom is -0.445 e. The van der Waals surface area contributed by atoms with Crippen LogP contribution in [0.5, 0.6) is 0 Å². The summed E-state index contributed by atoms with van der Waals surface area (Å²) in [6.45, 7) is 3.08. The van der Waals surface area contributed by atoms with E-state index in [-0.39, 0.29) is 50.1 Å². The van der Waals surface area contributed by atoms with Gasteiger partial charge in [0.1, 0.15) is 13.2 Å². The number of benzene rings is 2. The molecule has 4 atom stereocenters. The van der Waals surface area contributed by atoms with Crippen molar-refractivity contribution in [1.29, 1.82) is 0 Å². The van der Waals surface area contributed by atoms with Gasteiger partial charge in [0.15, 0.2) is 0 Å². The Hall–Kier alpha value is -2.60. The van der Waals surface area contributed by atoms with E-state index in [0.717, 1.165) is 24.2 Å². The first-order valence-electron chi connectivity index (χ1n) is 12.2. The number of hydrogen-bond acceptors (Lipinski definition) is 8. The first-order valence-corrected chi connectivity index (χ1v) is 12.2. The van der Waals surface area contributed by atoms with Crippen LogP contribution in [0.2, 0.25) is 0 Å². The smallest absolute Gasteiger partial charge is 0.407 e. The van der Waals surface area contributed by atoms with Gasteiger partial charge in [0.25, 0.3) is 0 Å². The highest BCUT2D eigenvalue weighted by atomic mass is 35.5. The summed E-state index contributed by atoms with van der Waals surface area (Å²) in [5, 5.41) is 30.8. The van der Waals surface area contributed by atoms with Gasteiger partial charge in [-0.15, -0.1) is 24.8 Å².